The number of anilines is 1. The number of aryl methyl sites for hydroxylation is 1. The van der Waals surface area contributed by atoms with Crippen LogP contribution in [0, 0.1) is 18.7 Å². The van der Waals surface area contributed by atoms with E-state index in [9.17, 15) is 14.7 Å². The van der Waals surface area contributed by atoms with Crippen molar-refractivity contribution in [1.82, 2.24) is 14.7 Å². The van der Waals surface area contributed by atoms with E-state index in [0.717, 1.165) is 29.5 Å². The summed E-state index contributed by atoms with van der Waals surface area (Å²) in [6, 6.07) is 13.3. The first kappa shape index (κ1) is 25.3. The van der Waals surface area contributed by atoms with Gasteiger partial charge < -0.3 is 10.4 Å². The first-order valence-electron chi connectivity index (χ1n) is 13.8. The van der Waals surface area contributed by atoms with Crippen molar-refractivity contribution >= 4 is 51.7 Å². The average Bonchev–Trinajstić information content (AvgIpc) is 3.36. The van der Waals surface area contributed by atoms with Gasteiger partial charge in [-0.05, 0) is 61.1 Å². The number of benzene rings is 3. The fraction of sp³-hybridized carbons (Fsp3) is 0.323. The number of carboxylic acid groups (broad SMARTS) is 1. The van der Waals surface area contributed by atoms with Crippen LogP contribution in [-0.2, 0) is 16.8 Å². The highest BCUT2D eigenvalue weighted by Gasteiger charge is 2.69. The predicted octanol–water partition coefficient (Wildman–Crippen LogP) is 6.31. The first-order chi connectivity index (χ1) is 19.7. The fourth-order valence-electron chi connectivity index (χ4n) is 7.78. The van der Waals surface area contributed by atoms with Crippen LogP contribution in [-0.4, -0.2) is 44.3 Å². The number of halogens is 3. The van der Waals surface area contributed by atoms with Crippen LogP contribution in [0.1, 0.15) is 57.5 Å². The molecule has 41 heavy (non-hydrogen) atoms. The Labute approximate surface area is 244 Å². The third-order valence-electron chi connectivity index (χ3n) is 9.64. The number of aromatic nitrogens is 2. The van der Waals surface area contributed by atoms with E-state index in [1.165, 1.54) is 6.07 Å². The van der Waals surface area contributed by atoms with Crippen LogP contribution in [0.2, 0.25) is 10.0 Å². The van der Waals surface area contributed by atoms with Crippen LogP contribution < -0.4 is 5.32 Å². The van der Waals surface area contributed by atoms with Gasteiger partial charge in [-0.2, -0.15) is 5.10 Å². The Morgan fingerprint density at radius 3 is 2.76 bits per heavy atom. The predicted molar refractivity (Wildman–Crippen MR) is 153 cm³/mol. The van der Waals surface area contributed by atoms with Crippen molar-refractivity contribution in [3.8, 4) is 0 Å². The monoisotopic (exact) mass is 590 g/mol. The molecule has 0 unspecified atom stereocenters. The number of carbonyl (C=O) groups excluding carboxylic acids is 1. The van der Waals surface area contributed by atoms with E-state index < -0.39 is 29.3 Å². The third kappa shape index (κ3) is 3.27. The number of fused-ring (bicyclic) bond motifs is 7. The lowest BCUT2D eigenvalue weighted by molar-refractivity contribution is -0.128. The number of carboxylic acids is 1. The lowest BCUT2D eigenvalue weighted by Crippen LogP contribution is -2.53. The molecule has 3 aliphatic heterocycles. The Morgan fingerprint density at radius 2 is 2.00 bits per heavy atom. The zero-order chi connectivity index (χ0) is 28.4. The molecule has 0 bridgehead atoms. The number of rotatable bonds is 4. The van der Waals surface area contributed by atoms with Gasteiger partial charge in [0.15, 0.2) is 0 Å². The lowest BCUT2D eigenvalue weighted by Gasteiger charge is -2.40. The second kappa shape index (κ2) is 8.53. The Morgan fingerprint density at radius 1 is 1.20 bits per heavy atom. The number of nitrogens with zero attached hydrogens (tertiary/aromatic N) is 3. The molecule has 1 amide bonds. The number of carbonyl (C=O) groups is 2. The van der Waals surface area contributed by atoms with E-state index in [1.807, 2.05) is 16.8 Å². The van der Waals surface area contributed by atoms with Gasteiger partial charge in [0.25, 0.3) is 0 Å². The van der Waals surface area contributed by atoms with Gasteiger partial charge in [0, 0.05) is 52.3 Å². The van der Waals surface area contributed by atoms with Crippen molar-refractivity contribution in [3.05, 3.63) is 92.3 Å². The van der Waals surface area contributed by atoms with E-state index in [2.05, 4.69) is 10.2 Å². The quantitative estimate of drug-likeness (QED) is 0.291. The van der Waals surface area contributed by atoms with Crippen molar-refractivity contribution in [2.45, 2.75) is 49.7 Å². The lowest BCUT2D eigenvalue weighted by atomic mass is 9.73. The molecule has 1 saturated carbocycles. The van der Waals surface area contributed by atoms with Crippen LogP contribution in [0.5, 0.6) is 0 Å². The zero-order valence-electron chi connectivity index (χ0n) is 22.0. The second-order valence-electron chi connectivity index (χ2n) is 11.7. The molecule has 4 aromatic rings. The molecule has 1 saturated heterocycles. The zero-order valence-corrected chi connectivity index (χ0v) is 23.5. The number of hydrogen-bond donors (Lipinski definition) is 2. The van der Waals surface area contributed by atoms with Gasteiger partial charge in [0.1, 0.15) is 11.4 Å². The van der Waals surface area contributed by atoms with E-state index in [1.54, 1.807) is 37.3 Å². The van der Waals surface area contributed by atoms with Crippen molar-refractivity contribution in [2.75, 3.05) is 11.9 Å². The average molecular weight is 591 g/mol. The normalized spacial score (nSPS) is 26.4. The maximum Gasteiger partial charge on any atom is 0.336 e. The topological polar surface area (TPSA) is 87.5 Å². The molecule has 1 aromatic heterocycles. The molecule has 2 N–H and O–H groups in total. The Bertz CT molecular complexity index is 1840. The summed E-state index contributed by atoms with van der Waals surface area (Å²) in [7, 11) is 0. The van der Waals surface area contributed by atoms with Gasteiger partial charge in [0.05, 0.1) is 22.1 Å². The summed E-state index contributed by atoms with van der Waals surface area (Å²) in [6.07, 6.45) is 2.76. The molecule has 7 nitrogen and oxygen atoms in total. The second-order valence-corrected chi connectivity index (χ2v) is 12.6. The van der Waals surface area contributed by atoms with Gasteiger partial charge in [-0.1, -0.05) is 47.5 Å². The Balaban J connectivity index is 1.43. The molecule has 1 spiro atoms. The summed E-state index contributed by atoms with van der Waals surface area (Å²) in [6.45, 7) is 2.46. The van der Waals surface area contributed by atoms with Crippen molar-refractivity contribution in [1.29, 1.82) is 0 Å². The Kier molecular flexibility index (Phi) is 5.26. The molecule has 1 aliphatic carbocycles. The minimum atomic E-state index is -1.21. The van der Waals surface area contributed by atoms with Crippen molar-refractivity contribution in [2.24, 2.45) is 5.92 Å². The molecular formula is C31H25Cl2FN4O3. The molecule has 208 valence electrons. The number of likely N-dealkylation sites (tertiary alicyclic amines) is 1. The number of hydrogen-bond acceptors (Lipinski definition) is 4. The van der Waals surface area contributed by atoms with E-state index in [0.29, 0.717) is 46.2 Å². The summed E-state index contributed by atoms with van der Waals surface area (Å²) in [5.74, 6) is -1.98. The van der Waals surface area contributed by atoms with Crippen molar-refractivity contribution < 1.29 is 19.1 Å². The van der Waals surface area contributed by atoms with E-state index in [-0.39, 0.29) is 22.5 Å². The van der Waals surface area contributed by atoms with Crippen LogP contribution in [0.3, 0.4) is 0 Å². The summed E-state index contributed by atoms with van der Waals surface area (Å²) in [4.78, 5) is 28.6. The van der Waals surface area contributed by atoms with Gasteiger partial charge >= 0.3 is 5.97 Å². The van der Waals surface area contributed by atoms with Crippen LogP contribution in [0.4, 0.5) is 10.1 Å². The van der Waals surface area contributed by atoms with Crippen LogP contribution in [0.25, 0.3) is 10.9 Å². The highest BCUT2D eigenvalue weighted by Crippen LogP contribution is 2.64. The number of aromatic carboxylic acids is 1. The van der Waals surface area contributed by atoms with Crippen LogP contribution in [0.15, 0.2) is 48.5 Å². The van der Waals surface area contributed by atoms with Crippen LogP contribution >= 0.6 is 23.2 Å². The number of nitrogens with one attached hydrogen (secondary N) is 1. The molecule has 8 rings (SSSR count). The molecule has 4 heterocycles. The fourth-order valence-corrected chi connectivity index (χ4v) is 8.13. The van der Waals surface area contributed by atoms with Crippen molar-refractivity contribution in [3.63, 3.8) is 0 Å². The summed E-state index contributed by atoms with van der Waals surface area (Å²) < 4.78 is 18.0. The van der Waals surface area contributed by atoms with Gasteiger partial charge in [-0.15, -0.1) is 0 Å². The molecular weight excluding hydrogens is 566 g/mol. The molecule has 3 aromatic carbocycles. The molecule has 4 atom stereocenters. The standard InChI is InChI=1S/C31H25Cl2FN4O3/c1-14-17(29(39)40)8-9-18-23-12-24-28(38(23)36-27(14)18)25(19-3-2-4-21(33)26(19)34)31(37(24)13-15-5-6-15)20-10-7-16(32)11-22(20)35-30(31)41/h2-4,7-11,15,24-25,28H,5-6,12-13H2,1H3,(H,35,41)(H,39,40)/t24-,25-,28+,31+/m0/s1. The first-order valence-corrected chi connectivity index (χ1v) is 14.5. The Hall–Kier alpha value is -3.46. The van der Waals surface area contributed by atoms with Gasteiger partial charge in [0.2, 0.25) is 5.91 Å². The van der Waals surface area contributed by atoms with Gasteiger partial charge in [-0.25, -0.2) is 9.18 Å². The maximum absolute atomic E-state index is 16.1. The maximum atomic E-state index is 16.1. The third-order valence-corrected chi connectivity index (χ3v) is 10.2. The van der Waals surface area contributed by atoms with E-state index >= 15 is 4.39 Å². The SMILES string of the molecule is Cc1c(C(=O)O)ccc2c3n(nc12)[C@@H]1[C@H](C3)N(CC2CC2)[C@@]2(C(=O)Nc3cc(Cl)ccc32)[C@H]1c1cccc(Cl)c1F. The molecule has 0 radical (unpaired) electrons. The van der Waals surface area contributed by atoms with E-state index in [4.69, 9.17) is 28.3 Å². The minimum absolute atomic E-state index is 0.00429. The molecule has 2 fully saturated rings. The largest absolute Gasteiger partial charge is 0.478 e. The van der Waals surface area contributed by atoms with Gasteiger partial charge in [-0.3, -0.25) is 14.4 Å². The summed E-state index contributed by atoms with van der Waals surface area (Å²) >= 11 is 12.7. The molecule has 4 aliphatic rings. The highest BCUT2D eigenvalue weighted by molar-refractivity contribution is 6.31. The smallest absolute Gasteiger partial charge is 0.336 e. The highest BCUT2D eigenvalue weighted by atomic mass is 35.5. The summed E-state index contributed by atoms with van der Waals surface area (Å²) in [5.41, 5.74) is 2.91. The molecule has 10 heteroatoms. The number of amides is 1. The minimum Gasteiger partial charge on any atom is -0.478 e. The summed E-state index contributed by atoms with van der Waals surface area (Å²) in [5, 5.41) is 19.2.